The average Bonchev–Trinajstić information content (AvgIpc) is 2.85. The zero-order chi connectivity index (χ0) is 15.9. The first-order valence-electron chi connectivity index (χ1n) is 8.33. The van der Waals surface area contributed by atoms with Gasteiger partial charge in [0.2, 0.25) is 0 Å². The minimum absolute atomic E-state index is 0.243. The highest BCUT2D eigenvalue weighted by Crippen LogP contribution is 2.45. The van der Waals surface area contributed by atoms with Crippen molar-refractivity contribution in [3.8, 4) is 11.1 Å². The van der Waals surface area contributed by atoms with Gasteiger partial charge >= 0.3 is 0 Å². The lowest BCUT2D eigenvalue weighted by Crippen LogP contribution is -2.09. The lowest BCUT2D eigenvalue weighted by Gasteiger charge is -2.22. The summed E-state index contributed by atoms with van der Waals surface area (Å²) >= 11 is 0. The Labute approximate surface area is 134 Å². The lowest BCUT2D eigenvalue weighted by atomic mass is 9.83. The Morgan fingerprint density at radius 2 is 1.64 bits per heavy atom. The van der Waals surface area contributed by atoms with Gasteiger partial charge in [-0.1, -0.05) is 75.7 Å². The van der Waals surface area contributed by atoms with Crippen LogP contribution in [0, 0.1) is 5.41 Å². The monoisotopic (exact) mass is 290 g/mol. The Kier molecular flexibility index (Phi) is 3.72. The molecule has 1 aliphatic carbocycles. The van der Waals surface area contributed by atoms with Crippen molar-refractivity contribution >= 4 is 5.57 Å². The Bertz CT molecular complexity index is 722. The maximum atomic E-state index is 2.33. The van der Waals surface area contributed by atoms with Crippen LogP contribution in [0.3, 0.4) is 0 Å². The quantitative estimate of drug-likeness (QED) is 0.609. The number of fused-ring (bicyclic) bond motifs is 1. The standard InChI is InChI=1S/C22H26/c1-6-16-10-12-17(13-11-16)19-9-7-8-18-14-20(22(3,4)5)15(2)21(18)19/h7-13H,6,14H2,1-5H3. The van der Waals surface area contributed by atoms with Gasteiger partial charge in [0.15, 0.2) is 0 Å². The summed E-state index contributed by atoms with van der Waals surface area (Å²) in [5.74, 6) is 0. The molecule has 0 heteroatoms. The molecule has 0 saturated carbocycles. The first-order chi connectivity index (χ1) is 10.4. The van der Waals surface area contributed by atoms with Crippen LogP contribution < -0.4 is 0 Å². The number of aryl methyl sites for hydroxylation is 1. The molecular weight excluding hydrogens is 264 g/mol. The summed E-state index contributed by atoms with van der Waals surface area (Å²) in [6.45, 7) is 11.5. The third-order valence-electron chi connectivity index (χ3n) is 4.92. The molecule has 0 amide bonds. The SMILES string of the molecule is CCc1ccc(-c2cccc3c2C(C)=C(C(C)(C)C)C3)cc1. The fourth-order valence-corrected chi connectivity index (χ4v) is 3.65. The summed E-state index contributed by atoms with van der Waals surface area (Å²) in [6, 6.07) is 15.8. The topological polar surface area (TPSA) is 0 Å². The second kappa shape index (κ2) is 5.43. The third kappa shape index (κ3) is 2.52. The Hall–Kier alpha value is -1.82. The number of benzene rings is 2. The Balaban J connectivity index is 2.13. The summed E-state index contributed by atoms with van der Waals surface area (Å²) in [7, 11) is 0. The minimum atomic E-state index is 0.243. The van der Waals surface area contributed by atoms with Crippen molar-refractivity contribution in [2.75, 3.05) is 0 Å². The van der Waals surface area contributed by atoms with Gasteiger partial charge in [0.05, 0.1) is 0 Å². The molecule has 0 atom stereocenters. The molecule has 0 nitrogen and oxygen atoms in total. The van der Waals surface area contributed by atoms with E-state index in [4.69, 9.17) is 0 Å². The molecule has 0 spiro atoms. The van der Waals surface area contributed by atoms with E-state index in [1.807, 2.05) is 0 Å². The van der Waals surface area contributed by atoms with Crippen molar-refractivity contribution < 1.29 is 0 Å². The highest BCUT2D eigenvalue weighted by molar-refractivity contribution is 5.87. The fourth-order valence-electron chi connectivity index (χ4n) is 3.65. The van der Waals surface area contributed by atoms with Crippen LogP contribution in [0.15, 0.2) is 48.0 Å². The van der Waals surface area contributed by atoms with Crippen molar-refractivity contribution in [2.45, 2.75) is 47.5 Å². The Morgan fingerprint density at radius 3 is 2.23 bits per heavy atom. The molecule has 1 aliphatic rings. The van der Waals surface area contributed by atoms with E-state index in [2.05, 4.69) is 77.1 Å². The van der Waals surface area contributed by atoms with Crippen molar-refractivity contribution in [1.82, 2.24) is 0 Å². The summed E-state index contributed by atoms with van der Waals surface area (Å²) < 4.78 is 0. The van der Waals surface area contributed by atoms with Gasteiger partial charge in [-0.3, -0.25) is 0 Å². The maximum Gasteiger partial charge on any atom is -0.00496 e. The predicted octanol–water partition coefficient (Wildman–Crippen LogP) is 6.29. The molecule has 0 aromatic heterocycles. The normalized spacial score (nSPS) is 14.4. The van der Waals surface area contributed by atoms with Crippen molar-refractivity contribution in [2.24, 2.45) is 5.41 Å². The van der Waals surface area contributed by atoms with Gasteiger partial charge in [-0.05, 0) is 58.6 Å². The maximum absolute atomic E-state index is 2.33. The predicted molar refractivity (Wildman–Crippen MR) is 97.0 cm³/mol. The van der Waals surface area contributed by atoms with E-state index in [0.29, 0.717) is 0 Å². The van der Waals surface area contributed by atoms with Gasteiger partial charge in [-0.25, -0.2) is 0 Å². The fraction of sp³-hybridized carbons (Fsp3) is 0.364. The molecule has 0 N–H and O–H groups in total. The van der Waals surface area contributed by atoms with E-state index >= 15 is 0 Å². The van der Waals surface area contributed by atoms with Gasteiger partial charge < -0.3 is 0 Å². The highest BCUT2D eigenvalue weighted by atomic mass is 14.3. The summed E-state index contributed by atoms with van der Waals surface area (Å²) in [5, 5.41) is 0. The molecule has 0 aliphatic heterocycles. The molecule has 22 heavy (non-hydrogen) atoms. The van der Waals surface area contributed by atoms with E-state index < -0.39 is 0 Å². The number of hydrogen-bond donors (Lipinski definition) is 0. The van der Waals surface area contributed by atoms with E-state index in [1.165, 1.54) is 33.4 Å². The van der Waals surface area contributed by atoms with Crippen LogP contribution >= 0.6 is 0 Å². The van der Waals surface area contributed by atoms with E-state index in [9.17, 15) is 0 Å². The molecule has 0 saturated heterocycles. The molecule has 3 rings (SSSR count). The largest absolute Gasteiger partial charge is 0.0613 e. The molecule has 0 unspecified atom stereocenters. The second-order valence-corrected chi connectivity index (χ2v) is 7.42. The Morgan fingerprint density at radius 1 is 0.955 bits per heavy atom. The number of allylic oxidation sites excluding steroid dienone is 2. The van der Waals surface area contributed by atoms with Crippen LogP contribution in [0.4, 0.5) is 0 Å². The van der Waals surface area contributed by atoms with Crippen molar-refractivity contribution in [3.05, 3.63) is 64.7 Å². The highest BCUT2D eigenvalue weighted by Gasteiger charge is 2.28. The molecule has 2 aromatic rings. The number of rotatable bonds is 2. The third-order valence-corrected chi connectivity index (χ3v) is 4.92. The van der Waals surface area contributed by atoms with Gasteiger partial charge in [-0.15, -0.1) is 0 Å². The molecule has 0 heterocycles. The lowest BCUT2D eigenvalue weighted by molar-refractivity contribution is 0.496. The first-order valence-corrected chi connectivity index (χ1v) is 8.33. The van der Waals surface area contributed by atoms with Crippen molar-refractivity contribution in [3.63, 3.8) is 0 Å². The molecule has 0 radical (unpaired) electrons. The second-order valence-electron chi connectivity index (χ2n) is 7.42. The van der Waals surface area contributed by atoms with E-state index in [-0.39, 0.29) is 5.41 Å². The zero-order valence-corrected chi connectivity index (χ0v) is 14.5. The zero-order valence-electron chi connectivity index (χ0n) is 14.5. The smallest absolute Gasteiger partial charge is 0.00496 e. The van der Waals surface area contributed by atoms with Crippen LogP contribution in [-0.2, 0) is 12.8 Å². The van der Waals surface area contributed by atoms with Crippen LogP contribution in [0.5, 0.6) is 0 Å². The average molecular weight is 290 g/mol. The summed E-state index contributed by atoms with van der Waals surface area (Å²) in [5.41, 5.74) is 10.4. The van der Waals surface area contributed by atoms with Gasteiger partial charge in [0.25, 0.3) is 0 Å². The molecule has 0 bridgehead atoms. The summed E-state index contributed by atoms with van der Waals surface area (Å²) in [6.07, 6.45) is 2.20. The van der Waals surface area contributed by atoms with Gasteiger partial charge in [0.1, 0.15) is 0 Å². The van der Waals surface area contributed by atoms with E-state index in [1.54, 1.807) is 5.57 Å². The van der Waals surface area contributed by atoms with Crippen LogP contribution in [0.2, 0.25) is 0 Å². The van der Waals surface area contributed by atoms with Crippen LogP contribution in [0.25, 0.3) is 16.7 Å². The van der Waals surface area contributed by atoms with E-state index in [0.717, 1.165) is 12.8 Å². The van der Waals surface area contributed by atoms with Crippen LogP contribution in [-0.4, -0.2) is 0 Å². The molecule has 2 aromatic carbocycles. The molecule has 0 fully saturated rings. The minimum Gasteiger partial charge on any atom is -0.0613 e. The van der Waals surface area contributed by atoms with Crippen molar-refractivity contribution in [1.29, 1.82) is 0 Å². The van der Waals surface area contributed by atoms with Crippen LogP contribution in [0.1, 0.15) is 51.3 Å². The summed E-state index contributed by atoms with van der Waals surface area (Å²) in [4.78, 5) is 0. The van der Waals surface area contributed by atoms with Gasteiger partial charge in [0, 0.05) is 0 Å². The molecule has 114 valence electrons. The number of hydrogen-bond acceptors (Lipinski definition) is 0. The molecular formula is C22H26. The first kappa shape index (κ1) is 15.1. The van der Waals surface area contributed by atoms with Gasteiger partial charge in [-0.2, -0.15) is 0 Å².